The van der Waals surface area contributed by atoms with Crippen molar-refractivity contribution in [1.82, 2.24) is 5.32 Å². The normalized spacial score (nSPS) is 12.1. The van der Waals surface area contributed by atoms with Crippen LogP contribution in [0.5, 0.6) is 11.5 Å². The lowest BCUT2D eigenvalue weighted by Gasteiger charge is -2.22. The second-order valence-corrected chi connectivity index (χ2v) is 5.07. The van der Waals surface area contributed by atoms with Gasteiger partial charge in [-0.1, -0.05) is 13.8 Å². The van der Waals surface area contributed by atoms with Crippen LogP contribution in [0, 0.1) is 5.92 Å². The van der Waals surface area contributed by atoms with Crippen molar-refractivity contribution in [3.8, 4) is 11.5 Å². The summed E-state index contributed by atoms with van der Waals surface area (Å²) in [7, 11) is 4.62. The Balaban J connectivity index is 3.05. The number of anilines is 1. The third kappa shape index (κ3) is 4.26. The van der Waals surface area contributed by atoms with Crippen LogP contribution in [0.15, 0.2) is 12.1 Å². The minimum Gasteiger partial charge on any atom is -0.497 e. The number of rotatable bonds is 7. The van der Waals surface area contributed by atoms with Gasteiger partial charge >= 0.3 is 0 Å². The summed E-state index contributed by atoms with van der Waals surface area (Å²) >= 11 is 0. The highest BCUT2D eigenvalue weighted by Crippen LogP contribution is 2.31. The SMILES string of the molecule is COCC(NC(=O)c1cc(OC)cc(OC)c1N)C(C)C. The van der Waals surface area contributed by atoms with Gasteiger partial charge in [0.15, 0.2) is 0 Å². The Morgan fingerprint density at radius 3 is 2.38 bits per heavy atom. The molecule has 0 aliphatic heterocycles. The molecule has 1 unspecified atom stereocenters. The molecule has 0 heterocycles. The van der Waals surface area contributed by atoms with E-state index in [4.69, 9.17) is 19.9 Å². The maximum Gasteiger partial charge on any atom is 0.253 e. The smallest absolute Gasteiger partial charge is 0.253 e. The number of nitrogen functional groups attached to an aromatic ring is 1. The van der Waals surface area contributed by atoms with Crippen LogP contribution in [0.25, 0.3) is 0 Å². The van der Waals surface area contributed by atoms with Crippen LogP contribution in [-0.4, -0.2) is 39.9 Å². The third-order valence-electron chi connectivity index (χ3n) is 3.28. The highest BCUT2D eigenvalue weighted by molar-refractivity contribution is 6.01. The summed E-state index contributed by atoms with van der Waals surface area (Å²) in [5, 5.41) is 2.92. The number of hydrogen-bond donors (Lipinski definition) is 2. The first kappa shape index (κ1) is 17.1. The van der Waals surface area contributed by atoms with Crippen molar-refractivity contribution in [1.29, 1.82) is 0 Å². The molecule has 0 aliphatic carbocycles. The molecule has 0 fully saturated rings. The summed E-state index contributed by atoms with van der Waals surface area (Å²) in [4.78, 5) is 12.4. The summed E-state index contributed by atoms with van der Waals surface area (Å²) in [6.07, 6.45) is 0. The Labute approximate surface area is 125 Å². The predicted octanol–water partition coefficient (Wildman–Crippen LogP) is 1.69. The molecule has 1 atom stereocenters. The molecule has 3 N–H and O–H groups in total. The van der Waals surface area contributed by atoms with Crippen molar-refractivity contribution >= 4 is 11.6 Å². The summed E-state index contributed by atoms with van der Waals surface area (Å²) in [6, 6.07) is 3.14. The summed E-state index contributed by atoms with van der Waals surface area (Å²) in [5.74, 6) is 0.884. The first-order valence-electron chi connectivity index (χ1n) is 6.75. The number of carbonyl (C=O) groups is 1. The minimum atomic E-state index is -0.277. The van der Waals surface area contributed by atoms with Gasteiger partial charge in [0.1, 0.15) is 11.5 Å². The number of hydrogen-bond acceptors (Lipinski definition) is 5. The molecule has 1 rings (SSSR count). The number of amides is 1. The maximum absolute atomic E-state index is 12.4. The molecule has 0 aliphatic rings. The molecule has 0 radical (unpaired) electrons. The second-order valence-electron chi connectivity index (χ2n) is 5.07. The Kier molecular flexibility index (Phi) is 6.30. The molecule has 0 saturated heterocycles. The lowest BCUT2D eigenvalue weighted by molar-refractivity contribution is 0.0867. The van der Waals surface area contributed by atoms with Gasteiger partial charge in [-0.3, -0.25) is 4.79 Å². The molecular formula is C15H24N2O4. The van der Waals surface area contributed by atoms with Gasteiger partial charge < -0.3 is 25.3 Å². The molecule has 21 heavy (non-hydrogen) atoms. The van der Waals surface area contributed by atoms with Crippen LogP contribution in [0.3, 0.4) is 0 Å². The zero-order valence-corrected chi connectivity index (χ0v) is 13.2. The average molecular weight is 296 g/mol. The van der Waals surface area contributed by atoms with Crippen molar-refractivity contribution in [3.05, 3.63) is 17.7 Å². The molecule has 0 aromatic heterocycles. The van der Waals surface area contributed by atoms with Crippen LogP contribution in [0.1, 0.15) is 24.2 Å². The van der Waals surface area contributed by atoms with Gasteiger partial charge in [-0.25, -0.2) is 0 Å². The molecule has 6 heteroatoms. The molecule has 0 bridgehead atoms. The maximum atomic E-state index is 12.4. The van der Waals surface area contributed by atoms with E-state index in [1.807, 2.05) is 13.8 Å². The van der Waals surface area contributed by atoms with E-state index in [0.717, 1.165) is 0 Å². The summed E-state index contributed by atoms with van der Waals surface area (Å²) in [5.41, 5.74) is 6.59. The molecular weight excluding hydrogens is 272 g/mol. The molecule has 0 spiro atoms. The van der Waals surface area contributed by atoms with Crippen LogP contribution in [0.4, 0.5) is 5.69 Å². The first-order valence-corrected chi connectivity index (χ1v) is 6.75. The Morgan fingerprint density at radius 2 is 1.90 bits per heavy atom. The Hall–Kier alpha value is -1.95. The van der Waals surface area contributed by atoms with Gasteiger partial charge in [0, 0.05) is 13.2 Å². The molecule has 1 amide bonds. The molecule has 1 aromatic rings. The lowest BCUT2D eigenvalue weighted by atomic mass is 10.0. The monoisotopic (exact) mass is 296 g/mol. The Morgan fingerprint density at radius 1 is 1.24 bits per heavy atom. The van der Waals surface area contributed by atoms with E-state index in [1.165, 1.54) is 14.2 Å². The summed E-state index contributed by atoms with van der Waals surface area (Å²) < 4.78 is 15.5. The number of carbonyl (C=O) groups excluding carboxylic acids is 1. The topological polar surface area (TPSA) is 82.8 Å². The van der Waals surface area contributed by atoms with Gasteiger partial charge in [-0.2, -0.15) is 0 Å². The van der Waals surface area contributed by atoms with E-state index >= 15 is 0 Å². The van der Waals surface area contributed by atoms with Crippen molar-refractivity contribution in [2.75, 3.05) is 33.7 Å². The van der Waals surface area contributed by atoms with Crippen molar-refractivity contribution in [2.24, 2.45) is 5.92 Å². The Bertz CT molecular complexity index is 489. The number of ether oxygens (including phenoxy) is 3. The van der Waals surface area contributed by atoms with Crippen LogP contribution >= 0.6 is 0 Å². The summed E-state index contributed by atoms with van der Waals surface area (Å²) in [6.45, 7) is 4.46. The van der Waals surface area contributed by atoms with Gasteiger partial charge in [0.25, 0.3) is 5.91 Å². The largest absolute Gasteiger partial charge is 0.497 e. The van der Waals surface area contributed by atoms with Crippen molar-refractivity contribution < 1.29 is 19.0 Å². The molecule has 1 aromatic carbocycles. The van der Waals surface area contributed by atoms with Crippen molar-refractivity contribution in [2.45, 2.75) is 19.9 Å². The van der Waals surface area contributed by atoms with Gasteiger partial charge in [-0.15, -0.1) is 0 Å². The predicted molar refractivity (Wildman–Crippen MR) is 81.9 cm³/mol. The zero-order chi connectivity index (χ0) is 16.0. The van der Waals surface area contributed by atoms with E-state index in [-0.39, 0.29) is 23.6 Å². The van der Waals surface area contributed by atoms with E-state index < -0.39 is 0 Å². The van der Waals surface area contributed by atoms with Gasteiger partial charge in [0.05, 0.1) is 38.1 Å². The minimum absolute atomic E-state index is 0.0981. The number of nitrogens with two attached hydrogens (primary N) is 1. The number of nitrogens with one attached hydrogen (secondary N) is 1. The first-order chi connectivity index (χ1) is 9.94. The third-order valence-corrected chi connectivity index (χ3v) is 3.28. The van der Waals surface area contributed by atoms with Crippen LogP contribution < -0.4 is 20.5 Å². The van der Waals surface area contributed by atoms with Crippen LogP contribution in [-0.2, 0) is 4.74 Å². The van der Waals surface area contributed by atoms with E-state index in [9.17, 15) is 4.79 Å². The zero-order valence-electron chi connectivity index (χ0n) is 13.2. The number of methoxy groups -OCH3 is 3. The van der Waals surface area contributed by atoms with E-state index in [0.29, 0.717) is 23.7 Å². The highest BCUT2D eigenvalue weighted by atomic mass is 16.5. The van der Waals surface area contributed by atoms with Gasteiger partial charge in [0.2, 0.25) is 0 Å². The standard InChI is InChI=1S/C15H24N2O4/c1-9(2)12(8-19-3)17-15(18)11-6-10(20-4)7-13(21-5)14(11)16/h6-7,9,12H,8,16H2,1-5H3,(H,17,18). The second kappa shape index (κ2) is 7.73. The van der Waals surface area contributed by atoms with Gasteiger partial charge in [-0.05, 0) is 12.0 Å². The quantitative estimate of drug-likeness (QED) is 0.748. The van der Waals surface area contributed by atoms with Crippen molar-refractivity contribution in [3.63, 3.8) is 0 Å². The van der Waals surface area contributed by atoms with Crippen LogP contribution in [0.2, 0.25) is 0 Å². The molecule has 0 saturated carbocycles. The number of benzene rings is 1. The highest BCUT2D eigenvalue weighted by Gasteiger charge is 2.21. The van der Waals surface area contributed by atoms with E-state index in [2.05, 4.69) is 5.32 Å². The lowest BCUT2D eigenvalue weighted by Crippen LogP contribution is -2.41. The fourth-order valence-corrected chi connectivity index (χ4v) is 1.90. The fourth-order valence-electron chi connectivity index (χ4n) is 1.90. The average Bonchev–Trinajstić information content (AvgIpc) is 2.46. The van der Waals surface area contributed by atoms with E-state index in [1.54, 1.807) is 19.2 Å². The molecule has 118 valence electrons. The fraction of sp³-hybridized carbons (Fsp3) is 0.533. The molecule has 6 nitrogen and oxygen atoms in total.